The van der Waals surface area contributed by atoms with E-state index in [9.17, 15) is 14.0 Å². The molecule has 0 aliphatic heterocycles. The predicted molar refractivity (Wildman–Crippen MR) is 92.9 cm³/mol. The Morgan fingerprint density at radius 1 is 1.04 bits per heavy atom. The van der Waals surface area contributed by atoms with E-state index in [0.717, 1.165) is 5.69 Å². The van der Waals surface area contributed by atoms with Crippen molar-refractivity contribution in [1.82, 2.24) is 9.78 Å². The van der Waals surface area contributed by atoms with Crippen LogP contribution in [0.2, 0.25) is 0 Å². The summed E-state index contributed by atoms with van der Waals surface area (Å²) in [7, 11) is 0. The summed E-state index contributed by atoms with van der Waals surface area (Å²) in [6.07, 6.45) is 0. The number of ketones is 2. The minimum absolute atomic E-state index is 0.0866. The molecule has 0 saturated carbocycles. The third-order valence-corrected chi connectivity index (χ3v) is 4.12. The molecule has 0 N–H and O–H groups in total. The number of aromatic nitrogens is 2. The molecule has 0 atom stereocenters. The maximum atomic E-state index is 13.3. The highest BCUT2D eigenvalue weighted by Crippen LogP contribution is 2.23. The molecular formula is C20H17FN2O2. The zero-order valence-electron chi connectivity index (χ0n) is 14.2. The molecule has 0 radical (unpaired) electrons. The molecule has 126 valence electrons. The molecule has 25 heavy (non-hydrogen) atoms. The Bertz CT molecular complexity index is 975. The van der Waals surface area contributed by atoms with E-state index in [1.54, 1.807) is 18.5 Å². The van der Waals surface area contributed by atoms with E-state index in [2.05, 4.69) is 5.10 Å². The summed E-state index contributed by atoms with van der Waals surface area (Å²) >= 11 is 0. The standard InChI is InChI=1S/C20H17FN2O2/c1-12-11-15(21)9-10-17(12)20(25)19-18(14(3)24)13(2)23(22-19)16-7-5-4-6-8-16/h4-11H,1-3H3. The molecule has 0 aliphatic carbocycles. The lowest BCUT2D eigenvalue weighted by Crippen LogP contribution is -2.10. The number of para-hydroxylation sites is 1. The van der Waals surface area contributed by atoms with Crippen molar-refractivity contribution < 1.29 is 14.0 Å². The number of Topliss-reactive ketones (excluding diaryl/α,β-unsaturated/α-hetero) is 1. The fourth-order valence-electron chi connectivity index (χ4n) is 2.91. The van der Waals surface area contributed by atoms with E-state index in [1.807, 2.05) is 30.3 Å². The lowest BCUT2D eigenvalue weighted by Gasteiger charge is -2.04. The Kier molecular flexibility index (Phi) is 4.31. The van der Waals surface area contributed by atoms with Crippen LogP contribution in [0.1, 0.15) is 44.6 Å². The van der Waals surface area contributed by atoms with Crippen LogP contribution >= 0.6 is 0 Å². The number of nitrogens with zero attached hydrogens (tertiary/aromatic N) is 2. The monoisotopic (exact) mass is 336 g/mol. The van der Waals surface area contributed by atoms with E-state index in [0.29, 0.717) is 16.8 Å². The van der Waals surface area contributed by atoms with Gasteiger partial charge in [0.1, 0.15) is 11.5 Å². The maximum absolute atomic E-state index is 13.3. The number of benzene rings is 2. The summed E-state index contributed by atoms with van der Waals surface area (Å²) < 4.78 is 14.9. The van der Waals surface area contributed by atoms with Gasteiger partial charge in [0, 0.05) is 5.56 Å². The van der Waals surface area contributed by atoms with Crippen molar-refractivity contribution in [3.63, 3.8) is 0 Å². The second kappa shape index (κ2) is 6.43. The Balaban J connectivity index is 2.19. The lowest BCUT2D eigenvalue weighted by molar-refractivity contribution is 0.0988. The summed E-state index contributed by atoms with van der Waals surface area (Å²) in [5, 5.41) is 4.39. The Morgan fingerprint density at radius 3 is 2.32 bits per heavy atom. The number of halogens is 1. The molecule has 3 rings (SSSR count). The first-order valence-electron chi connectivity index (χ1n) is 7.87. The van der Waals surface area contributed by atoms with Crippen LogP contribution in [0.4, 0.5) is 4.39 Å². The van der Waals surface area contributed by atoms with E-state index in [1.165, 1.54) is 25.1 Å². The predicted octanol–water partition coefficient (Wildman–Crippen LogP) is 4.06. The first-order valence-corrected chi connectivity index (χ1v) is 7.87. The van der Waals surface area contributed by atoms with Crippen LogP contribution < -0.4 is 0 Å². The summed E-state index contributed by atoms with van der Waals surface area (Å²) in [6, 6.07) is 13.2. The molecule has 0 fully saturated rings. The first kappa shape index (κ1) is 16.8. The van der Waals surface area contributed by atoms with Crippen LogP contribution in [0.25, 0.3) is 5.69 Å². The van der Waals surface area contributed by atoms with E-state index in [-0.39, 0.29) is 22.8 Å². The summed E-state index contributed by atoms with van der Waals surface area (Å²) in [5.74, 6) is -1.03. The van der Waals surface area contributed by atoms with Crippen LogP contribution in [0, 0.1) is 19.7 Å². The van der Waals surface area contributed by atoms with Crippen molar-refractivity contribution in [2.45, 2.75) is 20.8 Å². The molecule has 0 saturated heterocycles. The quantitative estimate of drug-likeness (QED) is 0.675. The van der Waals surface area contributed by atoms with Crippen LogP contribution in [-0.4, -0.2) is 21.3 Å². The van der Waals surface area contributed by atoms with Gasteiger partial charge in [-0.15, -0.1) is 0 Å². The normalized spacial score (nSPS) is 10.7. The summed E-state index contributed by atoms with van der Waals surface area (Å²) in [4.78, 5) is 25.1. The van der Waals surface area contributed by atoms with E-state index in [4.69, 9.17) is 0 Å². The molecule has 2 aromatic carbocycles. The van der Waals surface area contributed by atoms with Gasteiger partial charge in [0.25, 0.3) is 0 Å². The third-order valence-electron chi connectivity index (χ3n) is 4.12. The number of hydrogen-bond acceptors (Lipinski definition) is 3. The van der Waals surface area contributed by atoms with Crippen molar-refractivity contribution in [1.29, 1.82) is 0 Å². The molecule has 0 spiro atoms. The van der Waals surface area contributed by atoms with Crippen molar-refractivity contribution in [2.24, 2.45) is 0 Å². The van der Waals surface area contributed by atoms with Crippen LogP contribution in [0.3, 0.4) is 0 Å². The van der Waals surface area contributed by atoms with E-state index < -0.39 is 5.82 Å². The molecule has 4 nitrogen and oxygen atoms in total. The maximum Gasteiger partial charge on any atom is 0.214 e. The topological polar surface area (TPSA) is 52.0 Å². The number of carbonyl (C=O) groups excluding carboxylic acids is 2. The first-order chi connectivity index (χ1) is 11.9. The van der Waals surface area contributed by atoms with Gasteiger partial charge in [-0.1, -0.05) is 18.2 Å². The van der Waals surface area contributed by atoms with Crippen molar-refractivity contribution >= 4 is 11.6 Å². The van der Waals surface area contributed by atoms with Crippen molar-refractivity contribution in [3.05, 3.63) is 82.4 Å². The largest absolute Gasteiger partial charge is 0.294 e. The highest BCUT2D eigenvalue weighted by atomic mass is 19.1. The zero-order valence-corrected chi connectivity index (χ0v) is 14.2. The lowest BCUT2D eigenvalue weighted by atomic mass is 9.98. The molecule has 5 heteroatoms. The van der Waals surface area contributed by atoms with Gasteiger partial charge in [-0.25, -0.2) is 9.07 Å². The molecule has 0 unspecified atom stereocenters. The summed E-state index contributed by atoms with van der Waals surface area (Å²) in [6.45, 7) is 4.82. The van der Waals surface area contributed by atoms with Gasteiger partial charge in [-0.05, 0) is 56.7 Å². The number of aryl methyl sites for hydroxylation is 1. The fraction of sp³-hybridized carbons (Fsp3) is 0.150. The smallest absolute Gasteiger partial charge is 0.214 e. The highest BCUT2D eigenvalue weighted by molar-refractivity contribution is 6.15. The molecular weight excluding hydrogens is 319 g/mol. The molecule has 1 heterocycles. The van der Waals surface area contributed by atoms with E-state index >= 15 is 0 Å². The van der Waals surface area contributed by atoms with Gasteiger partial charge in [0.2, 0.25) is 5.78 Å². The molecule has 0 aliphatic rings. The van der Waals surface area contributed by atoms with Crippen molar-refractivity contribution in [3.8, 4) is 5.69 Å². The van der Waals surface area contributed by atoms with Crippen LogP contribution in [0.15, 0.2) is 48.5 Å². The zero-order chi connectivity index (χ0) is 18.1. The Hall–Kier alpha value is -3.08. The van der Waals surface area contributed by atoms with Crippen LogP contribution in [-0.2, 0) is 0 Å². The number of carbonyl (C=O) groups is 2. The Morgan fingerprint density at radius 2 is 1.72 bits per heavy atom. The van der Waals surface area contributed by atoms with Gasteiger partial charge >= 0.3 is 0 Å². The summed E-state index contributed by atoms with van der Waals surface area (Å²) in [5.41, 5.74) is 2.58. The highest BCUT2D eigenvalue weighted by Gasteiger charge is 2.26. The van der Waals surface area contributed by atoms with Crippen molar-refractivity contribution in [2.75, 3.05) is 0 Å². The number of rotatable bonds is 4. The average molecular weight is 336 g/mol. The van der Waals surface area contributed by atoms with Gasteiger partial charge in [-0.3, -0.25) is 9.59 Å². The third kappa shape index (κ3) is 3.01. The fourth-order valence-corrected chi connectivity index (χ4v) is 2.91. The molecule has 0 bridgehead atoms. The minimum Gasteiger partial charge on any atom is -0.294 e. The van der Waals surface area contributed by atoms with Crippen LogP contribution in [0.5, 0.6) is 0 Å². The van der Waals surface area contributed by atoms with Gasteiger partial charge in [0.05, 0.1) is 16.9 Å². The average Bonchev–Trinajstić information content (AvgIpc) is 2.92. The SMILES string of the molecule is CC(=O)c1c(C(=O)c2ccc(F)cc2C)nn(-c2ccccc2)c1C. The van der Waals surface area contributed by atoms with Gasteiger partial charge in [-0.2, -0.15) is 5.10 Å². The molecule has 0 amide bonds. The minimum atomic E-state index is -0.410. The second-order valence-electron chi connectivity index (χ2n) is 5.90. The number of hydrogen-bond donors (Lipinski definition) is 0. The molecule has 1 aromatic heterocycles. The Labute approximate surface area is 144 Å². The molecule has 3 aromatic rings. The van der Waals surface area contributed by atoms with Gasteiger partial charge < -0.3 is 0 Å². The second-order valence-corrected chi connectivity index (χ2v) is 5.90. The van der Waals surface area contributed by atoms with Gasteiger partial charge in [0.15, 0.2) is 5.78 Å².